The van der Waals surface area contributed by atoms with Crippen molar-refractivity contribution in [3.8, 4) is 5.88 Å². The zero-order chi connectivity index (χ0) is 12.3. The molecule has 17 heavy (non-hydrogen) atoms. The van der Waals surface area contributed by atoms with Crippen LogP contribution in [0.1, 0.15) is 19.7 Å². The van der Waals surface area contributed by atoms with Crippen molar-refractivity contribution in [1.29, 1.82) is 0 Å². The van der Waals surface area contributed by atoms with Crippen molar-refractivity contribution in [3.05, 3.63) is 11.9 Å². The van der Waals surface area contributed by atoms with Gasteiger partial charge in [-0.25, -0.2) is 4.98 Å². The average Bonchev–Trinajstić information content (AvgIpc) is 2.22. The predicted molar refractivity (Wildman–Crippen MR) is 67.6 cm³/mol. The molecule has 0 aromatic carbocycles. The van der Waals surface area contributed by atoms with Crippen LogP contribution in [-0.4, -0.2) is 42.3 Å². The molecule has 1 fully saturated rings. The van der Waals surface area contributed by atoms with Crippen LogP contribution in [0.2, 0.25) is 0 Å². The van der Waals surface area contributed by atoms with Gasteiger partial charge in [-0.2, -0.15) is 4.98 Å². The number of nitrogens with one attached hydrogen (secondary N) is 1. The molecule has 1 aliphatic heterocycles. The lowest BCUT2D eigenvalue weighted by Gasteiger charge is -2.38. The Hall–Kier alpha value is -1.36. The van der Waals surface area contributed by atoms with Crippen LogP contribution in [0.4, 0.5) is 5.82 Å². The maximum Gasteiger partial charge on any atom is 0.218 e. The molecule has 0 atom stereocenters. The summed E-state index contributed by atoms with van der Waals surface area (Å²) in [6.07, 6.45) is 0. The van der Waals surface area contributed by atoms with E-state index in [0.29, 0.717) is 18.5 Å². The van der Waals surface area contributed by atoms with Gasteiger partial charge in [-0.1, -0.05) is 0 Å². The van der Waals surface area contributed by atoms with Crippen molar-refractivity contribution < 1.29 is 4.74 Å². The Bertz CT molecular complexity index is 379. The van der Waals surface area contributed by atoms with Gasteiger partial charge in [0.15, 0.2) is 0 Å². The normalized spacial score (nSPS) is 15.5. The van der Waals surface area contributed by atoms with Gasteiger partial charge in [0.25, 0.3) is 0 Å². The standard InChI is InChI=1S/C12H20N4O/c1-4-16(10-7-13-8-10)11-6-12(17-5-2)15-9(3)14-11/h6,10,13H,4-5,7-8H2,1-3H3. The first-order valence-corrected chi connectivity index (χ1v) is 6.20. The Balaban J connectivity index is 2.22. The fourth-order valence-electron chi connectivity index (χ4n) is 2.00. The van der Waals surface area contributed by atoms with E-state index in [2.05, 4.69) is 27.1 Å². The summed E-state index contributed by atoms with van der Waals surface area (Å²) in [6, 6.07) is 2.47. The van der Waals surface area contributed by atoms with E-state index in [1.54, 1.807) is 0 Å². The quantitative estimate of drug-likeness (QED) is 0.826. The van der Waals surface area contributed by atoms with Crippen LogP contribution in [0.5, 0.6) is 5.88 Å². The maximum absolute atomic E-state index is 5.46. The second-order valence-electron chi connectivity index (χ2n) is 4.14. The fourth-order valence-corrected chi connectivity index (χ4v) is 2.00. The molecule has 0 amide bonds. The van der Waals surface area contributed by atoms with Gasteiger partial charge < -0.3 is 15.0 Å². The highest BCUT2D eigenvalue weighted by atomic mass is 16.5. The van der Waals surface area contributed by atoms with Crippen LogP contribution in [0.3, 0.4) is 0 Å². The lowest BCUT2D eigenvalue weighted by molar-refractivity contribution is 0.325. The minimum absolute atomic E-state index is 0.545. The molecule has 0 spiro atoms. The Kier molecular flexibility index (Phi) is 3.78. The number of aryl methyl sites for hydroxylation is 1. The summed E-state index contributed by atoms with van der Waals surface area (Å²) in [5.41, 5.74) is 0. The van der Waals surface area contributed by atoms with E-state index in [-0.39, 0.29) is 0 Å². The smallest absolute Gasteiger partial charge is 0.218 e. The second kappa shape index (κ2) is 5.31. The van der Waals surface area contributed by atoms with Gasteiger partial charge in [0, 0.05) is 25.7 Å². The third-order valence-electron chi connectivity index (χ3n) is 2.93. The second-order valence-corrected chi connectivity index (χ2v) is 4.14. The molecule has 2 rings (SSSR count). The van der Waals surface area contributed by atoms with E-state index in [4.69, 9.17) is 4.74 Å². The fraction of sp³-hybridized carbons (Fsp3) is 0.667. The summed E-state index contributed by atoms with van der Waals surface area (Å²) in [5.74, 6) is 2.40. The van der Waals surface area contributed by atoms with Crippen molar-refractivity contribution in [1.82, 2.24) is 15.3 Å². The van der Waals surface area contributed by atoms with E-state index in [1.807, 2.05) is 19.9 Å². The number of aromatic nitrogens is 2. The van der Waals surface area contributed by atoms with Crippen molar-refractivity contribution in [3.63, 3.8) is 0 Å². The highest BCUT2D eigenvalue weighted by molar-refractivity contribution is 5.43. The monoisotopic (exact) mass is 236 g/mol. The molecular weight excluding hydrogens is 216 g/mol. The molecule has 2 heterocycles. The summed E-state index contributed by atoms with van der Waals surface area (Å²) in [5, 5.41) is 3.28. The van der Waals surface area contributed by atoms with E-state index in [1.165, 1.54) is 0 Å². The Morgan fingerprint density at radius 3 is 2.71 bits per heavy atom. The van der Waals surface area contributed by atoms with Crippen LogP contribution >= 0.6 is 0 Å². The number of likely N-dealkylation sites (N-methyl/N-ethyl adjacent to an activating group) is 1. The molecule has 0 radical (unpaired) electrons. The van der Waals surface area contributed by atoms with E-state index in [0.717, 1.165) is 31.3 Å². The molecule has 5 nitrogen and oxygen atoms in total. The first-order valence-electron chi connectivity index (χ1n) is 6.20. The van der Waals surface area contributed by atoms with Gasteiger partial charge in [-0.15, -0.1) is 0 Å². The lowest BCUT2D eigenvalue weighted by Crippen LogP contribution is -2.57. The summed E-state index contributed by atoms with van der Waals surface area (Å²) in [4.78, 5) is 11.1. The minimum atomic E-state index is 0.545. The summed E-state index contributed by atoms with van der Waals surface area (Å²) in [6.45, 7) is 9.66. The Labute approximate surface area is 102 Å². The molecular formula is C12H20N4O. The third-order valence-corrected chi connectivity index (χ3v) is 2.93. The summed E-state index contributed by atoms with van der Waals surface area (Å²) in [7, 11) is 0. The van der Waals surface area contributed by atoms with Crippen molar-refractivity contribution in [2.45, 2.75) is 26.8 Å². The maximum atomic E-state index is 5.46. The Morgan fingerprint density at radius 1 is 1.41 bits per heavy atom. The van der Waals surface area contributed by atoms with Gasteiger partial charge in [-0.05, 0) is 20.8 Å². The number of hydrogen-bond acceptors (Lipinski definition) is 5. The van der Waals surface area contributed by atoms with E-state index < -0.39 is 0 Å². The molecule has 1 aromatic rings. The van der Waals surface area contributed by atoms with Crippen LogP contribution in [-0.2, 0) is 0 Å². The van der Waals surface area contributed by atoms with Gasteiger partial charge in [-0.3, -0.25) is 0 Å². The molecule has 0 saturated carbocycles. The van der Waals surface area contributed by atoms with Gasteiger partial charge in [0.05, 0.1) is 12.6 Å². The average molecular weight is 236 g/mol. The summed E-state index contributed by atoms with van der Waals surface area (Å²) >= 11 is 0. The van der Waals surface area contributed by atoms with Gasteiger partial charge in [0.1, 0.15) is 11.6 Å². The number of rotatable bonds is 5. The number of ether oxygens (including phenoxy) is 1. The first-order chi connectivity index (χ1) is 8.24. The van der Waals surface area contributed by atoms with Gasteiger partial charge in [0.2, 0.25) is 5.88 Å². The van der Waals surface area contributed by atoms with Crippen molar-refractivity contribution >= 4 is 5.82 Å². The number of hydrogen-bond donors (Lipinski definition) is 1. The third kappa shape index (κ3) is 2.66. The van der Waals surface area contributed by atoms with Crippen molar-refractivity contribution in [2.75, 3.05) is 31.1 Å². The van der Waals surface area contributed by atoms with Gasteiger partial charge >= 0.3 is 0 Å². The molecule has 1 saturated heterocycles. The molecule has 0 aliphatic carbocycles. The van der Waals surface area contributed by atoms with Crippen molar-refractivity contribution in [2.24, 2.45) is 0 Å². The minimum Gasteiger partial charge on any atom is -0.478 e. The number of nitrogens with zero attached hydrogens (tertiary/aromatic N) is 3. The van der Waals surface area contributed by atoms with Crippen LogP contribution in [0, 0.1) is 6.92 Å². The SMILES string of the molecule is CCOc1cc(N(CC)C2CNC2)nc(C)n1. The van der Waals surface area contributed by atoms with Crippen LogP contribution < -0.4 is 15.0 Å². The molecule has 5 heteroatoms. The number of anilines is 1. The molecule has 1 aromatic heterocycles. The van der Waals surface area contributed by atoms with E-state index >= 15 is 0 Å². The molecule has 0 bridgehead atoms. The zero-order valence-electron chi connectivity index (χ0n) is 10.7. The molecule has 94 valence electrons. The van der Waals surface area contributed by atoms with E-state index in [9.17, 15) is 0 Å². The van der Waals surface area contributed by atoms with Crippen LogP contribution in [0.15, 0.2) is 6.07 Å². The predicted octanol–water partition coefficient (Wildman–Crippen LogP) is 0.982. The Morgan fingerprint density at radius 2 is 2.18 bits per heavy atom. The molecule has 1 aliphatic rings. The topological polar surface area (TPSA) is 50.3 Å². The first kappa shape index (κ1) is 12.1. The summed E-state index contributed by atoms with van der Waals surface area (Å²) < 4.78 is 5.46. The highest BCUT2D eigenvalue weighted by Crippen LogP contribution is 2.20. The van der Waals surface area contributed by atoms with Crippen LogP contribution in [0.25, 0.3) is 0 Å². The zero-order valence-corrected chi connectivity index (χ0v) is 10.7. The largest absolute Gasteiger partial charge is 0.478 e. The lowest BCUT2D eigenvalue weighted by atomic mass is 10.1. The molecule has 1 N–H and O–H groups in total. The highest BCUT2D eigenvalue weighted by Gasteiger charge is 2.25. The molecule has 0 unspecified atom stereocenters.